The molecule has 1 aromatic carbocycles. The molecule has 2 heteroatoms. The molecule has 0 radical (unpaired) electrons. The van der Waals surface area contributed by atoms with Crippen LogP contribution in [0, 0.1) is 19.3 Å². The van der Waals surface area contributed by atoms with E-state index in [0.29, 0.717) is 5.41 Å². The highest BCUT2D eigenvalue weighted by atomic mass is 16.5. The molecule has 2 nitrogen and oxygen atoms in total. The molecule has 0 aromatic heterocycles. The van der Waals surface area contributed by atoms with Gasteiger partial charge in [-0.3, -0.25) is 0 Å². The van der Waals surface area contributed by atoms with Crippen LogP contribution in [0.4, 0.5) is 0 Å². The zero-order valence-electron chi connectivity index (χ0n) is 13.2. The molecule has 108 valence electrons. The van der Waals surface area contributed by atoms with E-state index in [9.17, 15) is 0 Å². The Labute approximate surface area is 118 Å². The van der Waals surface area contributed by atoms with Crippen LogP contribution in [0.25, 0.3) is 0 Å². The summed E-state index contributed by atoms with van der Waals surface area (Å²) < 4.78 is 5.90. The molecular weight excluding hydrogens is 234 g/mol. The van der Waals surface area contributed by atoms with Crippen molar-refractivity contribution in [3.8, 4) is 5.75 Å². The maximum Gasteiger partial charge on any atom is 0.122 e. The molecule has 0 aliphatic rings. The Balaban J connectivity index is 2.32. The van der Waals surface area contributed by atoms with Gasteiger partial charge in [0.1, 0.15) is 5.75 Å². The molecule has 1 rings (SSSR count). The predicted octanol–water partition coefficient (Wildman–Crippen LogP) is 4.10. The maximum atomic E-state index is 5.90. The molecule has 0 spiro atoms. The van der Waals surface area contributed by atoms with Crippen molar-refractivity contribution in [2.24, 2.45) is 5.41 Å². The monoisotopic (exact) mass is 263 g/mol. The fourth-order valence-corrected chi connectivity index (χ4v) is 2.15. The van der Waals surface area contributed by atoms with Gasteiger partial charge >= 0.3 is 0 Å². The molecule has 0 saturated carbocycles. The lowest BCUT2D eigenvalue weighted by atomic mass is 9.88. The summed E-state index contributed by atoms with van der Waals surface area (Å²) in [6.45, 7) is 13.9. The van der Waals surface area contributed by atoms with Crippen molar-refractivity contribution in [2.45, 2.75) is 47.5 Å². The number of hydrogen-bond donors (Lipinski definition) is 1. The molecule has 1 N–H and O–H groups in total. The Hall–Kier alpha value is -1.02. The second-order valence-electron chi connectivity index (χ2n) is 6.17. The average Bonchev–Trinajstić information content (AvgIpc) is 2.36. The molecule has 0 bridgehead atoms. The molecule has 0 atom stereocenters. The summed E-state index contributed by atoms with van der Waals surface area (Å²) in [5.74, 6) is 1.03. The third-order valence-electron chi connectivity index (χ3n) is 3.45. The van der Waals surface area contributed by atoms with E-state index in [-0.39, 0.29) is 0 Å². The van der Waals surface area contributed by atoms with Crippen LogP contribution in [0.3, 0.4) is 0 Å². The number of aryl methyl sites for hydroxylation is 2. The third-order valence-corrected chi connectivity index (χ3v) is 3.45. The largest absolute Gasteiger partial charge is 0.493 e. The molecule has 0 aliphatic carbocycles. The quantitative estimate of drug-likeness (QED) is 0.713. The SMILES string of the molecule is CCNCC(C)(C)CCCOc1cc(C)ccc1C. The standard InChI is InChI=1S/C17H29NO/c1-6-18-13-17(4,5)10-7-11-19-16-12-14(2)8-9-15(16)3/h8-9,12,18H,6-7,10-11,13H2,1-5H3. The van der Waals surface area contributed by atoms with Crippen molar-refractivity contribution in [2.75, 3.05) is 19.7 Å². The Morgan fingerprint density at radius 3 is 2.63 bits per heavy atom. The third kappa shape index (κ3) is 6.11. The highest BCUT2D eigenvalue weighted by Crippen LogP contribution is 2.23. The lowest BCUT2D eigenvalue weighted by Gasteiger charge is -2.24. The summed E-state index contributed by atoms with van der Waals surface area (Å²) in [6, 6.07) is 6.38. The van der Waals surface area contributed by atoms with Gasteiger partial charge in [-0.1, -0.05) is 32.9 Å². The van der Waals surface area contributed by atoms with Crippen LogP contribution < -0.4 is 10.1 Å². The Kier molecular flexibility index (Phi) is 6.36. The van der Waals surface area contributed by atoms with Crippen LogP contribution >= 0.6 is 0 Å². The topological polar surface area (TPSA) is 21.3 Å². The Morgan fingerprint density at radius 1 is 1.21 bits per heavy atom. The van der Waals surface area contributed by atoms with E-state index >= 15 is 0 Å². The van der Waals surface area contributed by atoms with E-state index in [4.69, 9.17) is 4.74 Å². The van der Waals surface area contributed by atoms with Crippen LogP contribution in [-0.4, -0.2) is 19.7 Å². The molecule has 0 fully saturated rings. The van der Waals surface area contributed by atoms with E-state index in [1.165, 1.54) is 17.5 Å². The van der Waals surface area contributed by atoms with Crippen molar-refractivity contribution in [3.63, 3.8) is 0 Å². The van der Waals surface area contributed by atoms with E-state index in [1.807, 2.05) is 0 Å². The van der Waals surface area contributed by atoms with Gasteiger partial charge in [0.25, 0.3) is 0 Å². The molecule has 1 aromatic rings. The lowest BCUT2D eigenvalue weighted by molar-refractivity contribution is 0.250. The summed E-state index contributed by atoms with van der Waals surface area (Å²) in [7, 11) is 0. The minimum absolute atomic E-state index is 0.348. The van der Waals surface area contributed by atoms with E-state index in [1.54, 1.807) is 0 Å². The van der Waals surface area contributed by atoms with Gasteiger partial charge in [0.2, 0.25) is 0 Å². The highest BCUT2D eigenvalue weighted by Gasteiger charge is 2.16. The van der Waals surface area contributed by atoms with Crippen LogP contribution in [0.15, 0.2) is 18.2 Å². The first kappa shape index (κ1) is 16.0. The lowest BCUT2D eigenvalue weighted by Crippen LogP contribution is -2.29. The first-order chi connectivity index (χ1) is 8.94. The van der Waals surface area contributed by atoms with Gasteiger partial charge in [-0.05, 0) is 55.8 Å². The molecule has 0 unspecified atom stereocenters. The molecule has 0 heterocycles. The molecule has 0 aliphatic heterocycles. The van der Waals surface area contributed by atoms with Crippen molar-refractivity contribution in [3.05, 3.63) is 29.3 Å². The molecule has 19 heavy (non-hydrogen) atoms. The van der Waals surface area contributed by atoms with Gasteiger partial charge < -0.3 is 10.1 Å². The Morgan fingerprint density at radius 2 is 1.95 bits per heavy atom. The fraction of sp³-hybridized carbons (Fsp3) is 0.647. The maximum absolute atomic E-state index is 5.90. The van der Waals surface area contributed by atoms with E-state index < -0.39 is 0 Å². The van der Waals surface area contributed by atoms with Crippen molar-refractivity contribution >= 4 is 0 Å². The minimum atomic E-state index is 0.348. The molecule has 0 saturated heterocycles. The number of hydrogen-bond acceptors (Lipinski definition) is 2. The average molecular weight is 263 g/mol. The predicted molar refractivity (Wildman–Crippen MR) is 83.0 cm³/mol. The highest BCUT2D eigenvalue weighted by molar-refractivity contribution is 5.35. The zero-order valence-corrected chi connectivity index (χ0v) is 13.2. The smallest absolute Gasteiger partial charge is 0.122 e. The van der Waals surface area contributed by atoms with Gasteiger partial charge in [-0.15, -0.1) is 0 Å². The van der Waals surface area contributed by atoms with Gasteiger partial charge in [0, 0.05) is 6.54 Å². The van der Waals surface area contributed by atoms with Crippen LogP contribution in [0.5, 0.6) is 5.75 Å². The zero-order chi connectivity index (χ0) is 14.3. The number of nitrogens with one attached hydrogen (secondary N) is 1. The van der Waals surface area contributed by atoms with Crippen LogP contribution in [0.1, 0.15) is 44.7 Å². The van der Waals surface area contributed by atoms with E-state index in [0.717, 1.165) is 31.9 Å². The van der Waals surface area contributed by atoms with Crippen LogP contribution in [0.2, 0.25) is 0 Å². The summed E-state index contributed by atoms with van der Waals surface area (Å²) in [6.07, 6.45) is 2.29. The summed E-state index contributed by atoms with van der Waals surface area (Å²) in [5.41, 5.74) is 2.83. The van der Waals surface area contributed by atoms with E-state index in [2.05, 4.69) is 58.1 Å². The van der Waals surface area contributed by atoms with Crippen molar-refractivity contribution < 1.29 is 4.74 Å². The second kappa shape index (κ2) is 7.54. The van der Waals surface area contributed by atoms with Gasteiger partial charge in [-0.2, -0.15) is 0 Å². The summed E-state index contributed by atoms with van der Waals surface area (Å²) in [5, 5.41) is 3.42. The van der Waals surface area contributed by atoms with Crippen LogP contribution in [-0.2, 0) is 0 Å². The number of benzene rings is 1. The first-order valence-corrected chi connectivity index (χ1v) is 7.35. The Bertz CT molecular complexity index is 385. The van der Waals surface area contributed by atoms with Crippen molar-refractivity contribution in [1.29, 1.82) is 0 Å². The van der Waals surface area contributed by atoms with Crippen molar-refractivity contribution in [1.82, 2.24) is 5.32 Å². The molecule has 0 amide bonds. The molecular formula is C17H29NO. The number of rotatable bonds is 8. The minimum Gasteiger partial charge on any atom is -0.493 e. The number of ether oxygens (including phenoxy) is 1. The summed E-state index contributed by atoms with van der Waals surface area (Å²) in [4.78, 5) is 0. The van der Waals surface area contributed by atoms with Gasteiger partial charge in [0.05, 0.1) is 6.61 Å². The second-order valence-corrected chi connectivity index (χ2v) is 6.17. The first-order valence-electron chi connectivity index (χ1n) is 7.35. The van der Waals surface area contributed by atoms with Gasteiger partial charge in [-0.25, -0.2) is 0 Å². The summed E-state index contributed by atoms with van der Waals surface area (Å²) >= 11 is 0. The van der Waals surface area contributed by atoms with Gasteiger partial charge in [0.15, 0.2) is 0 Å². The normalized spacial score (nSPS) is 11.6. The fourth-order valence-electron chi connectivity index (χ4n) is 2.15.